The maximum absolute atomic E-state index is 13.2. The molecule has 1 amide bonds. The van der Waals surface area contributed by atoms with Crippen LogP contribution in [0.15, 0.2) is 36.7 Å². The van der Waals surface area contributed by atoms with Crippen molar-refractivity contribution in [2.45, 2.75) is 37.3 Å². The minimum absolute atomic E-state index is 0. The highest BCUT2D eigenvalue weighted by Gasteiger charge is 2.43. The van der Waals surface area contributed by atoms with E-state index in [0.29, 0.717) is 0 Å². The van der Waals surface area contributed by atoms with Crippen LogP contribution in [0, 0.1) is 0 Å². The lowest BCUT2D eigenvalue weighted by Crippen LogP contribution is -2.55. The molecule has 0 bridgehead atoms. The third-order valence-electron chi connectivity index (χ3n) is 5.28. The molecule has 25 heavy (non-hydrogen) atoms. The second kappa shape index (κ2) is 7.36. The third-order valence-corrected chi connectivity index (χ3v) is 5.52. The number of aromatic nitrogens is 2. The molecule has 2 aliphatic rings. The molecule has 1 aromatic carbocycles. The number of amides is 1. The molecule has 2 aromatic rings. The summed E-state index contributed by atoms with van der Waals surface area (Å²) in [5.74, 6) is 0.0699. The Kier molecular flexibility index (Phi) is 5.37. The van der Waals surface area contributed by atoms with E-state index in [1.165, 1.54) is 11.1 Å². The molecule has 0 saturated carbocycles. The summed E-state index contributed by atoms with van der Waals surface area (Å²) < 4.78 is 1.83. The molecular formula is C18H22Cl2N4O. The molecule has 1 aliphatic heterocycles. The van der Waals surface area contributed by atoms with Crippen molar-refractivity contribution in [1.82, 2.24) is 20.4 Å². The van der Waals surface area contributed by atoms with Crippen molar-refractivity contribution in [2.75, 3.05) is 13.1 Å². The average Bonchev–Trinajstić information content (AvgIpc) is 3.26. The van der Waals surface area contributed by atoms with Gasteiger partial charge in [0, 0.05) is 17.4 Å². The molecule has 7 heteroatoms. The van der Waals surface area contributed by atoms with Crippen molar-refractivity contribution < 1.29 is 4.79 Å². The zero-order chi connectivity index (χ0) is 16.6. The summed E-state index contributed by atoms with van der Waals surface area (Å²) in [5.41, 5.74) is 1.84. The molecule has 1 fully saturated rings. The second-order valence-corrected chi connectivity index (χ2v) is 7.08. The predicted octanol–water partition coefficient (Wildman–Crippen LogP) is 2.84. The number of nitrogens with one attached hydrogen (secondary N) is 2. The summed E-state index contributed by atoms with van der Waals surface area (Å²) in [6.45, 7) is 1.65. The number of benzene rings is 1. The molecular weight excluding hydrogens is 359 g/mol. The van der Waals surface area contributed by atoms with E-state index in [1.54, 1.807) is 6.20 Å². The molecule has 2 N–H and O–H groups in total. The quantitative estimate of drug-likeness (QED) is 0.860. The largest absolute Gasteiger partial charge is 0.347 e. The lowest BCUT2D eigenvalue weighted by molar-refractivity contribution is -0.132. The number of carbonyl (C=O) groups excluding carboxylic acids is 1. The summed E-state index contributed by atoms with van der Waals surface area (Å²) in [6.07, 6.45) is 7.02. The Bertz CT molecular complexity index is 742. The molecule has 2 heterocycles. The van der Waals surface area contributed by atoms with Gasteiger partial charge in [0.15, 0.2) is 0 Å². The molecule has 0 spiro atoms. The summed E-state index contributed by atoms with van der Waals surface area (Å²) in [7, 11) is 0. The molecule has 1 unspecified atom stereocenters. The number of rotatable bonds is 3. The lowest BCUT2D eigenvalue weighted by atomic mass is 9.87. The van der Waals surface area contributed by atoms with Gasteiger partial charge in [-0.15, -0.1) is 12.4 Å². The number of aryl methyl sites for hydroxylation is 1. The Balaban J connectivity index is 0.00000182. The monoisotopic (exact) mass is 380 g/mol. The average molecular weight is 381 g/mol. The number of hydrogen-bond acceptors (Lipinski definition) is 3. The fourth-order valence-corrected chi connectivity index (χ4v) is 4.15. The first-order chi connectivity index (χ1) is 11.7. The Morgan fingerprint density at radius 3 is 2.88 bits per heavy atom. The van der Waals surface area contributed by atoms with E-state index in [0.717, 1.165) is 43.8 Å². The van der Waals surface area contributed by atoms with E-state index < -0.39 is 5.54 Å². The van der Waals surface area contributed by atoms with Gasteiger partial charge in [0.25, 0.3) is 0 Å². The summed E-state index contributed by atoms with van der Waals surface area (Å²) in [5, 5.41) is 11.7. The maximum atomic E-state index is 13.2. The van der Waals surface area contributed by atoms with Crippen LogP contribution in [-0.2, 0) is 16.8 Å². The number of piperidine rings is 1. The first kappa shape index (κ1) is 18.2. The van der Waals surface area contributed by atoms with E-state index in [1.807, 2.05) is 35.1 Å². The van der Waals surface area contributed by atoms with Gasteiger partial charge < -0.3 is 10.6 Å². The lowest BCUT2D eigenvalue weighted by Gasteiger charge is -2.37. The fourth-order valence-electron chi connectivity index (χ4n) is 3.95. The number of nitrogens with zero attached hydrogens (tertiary/aromatic N) is 2. The van der Waals surface area contributed by atoms with Gasteiger partial charge in [-0.1, -0.05) is 17.7 Å². The van der Waals surface area contributed by atoms with Crippen LogP contribution in [-0.4, -0.2) is 28.8 Å². The Morgan fingerprint density at radius 1 is 1.36 bits per heavy atom. The Hall–Kier alpha value is -1.56. The van der Waals surface area contributed by atoms with Crippen molar-refractivity contribution >= 4 is 29.9 Å². The highest BCUT2D eigenvalue weighted by atomic mass is 35.5. The van der Waals surface area contributed by atoms with Crippen LogP contribution >= 0.6 is 24.0 Å². The Labute approximate surface area is 158 Å². The first-order valence-electron chi connectivity index (χ1n) is 8.49. The summed E-state index contributed by atoms with van der Waals surface area (Å²) in [6, 6.07) is 7.89. The van der Waals surface area contributed by atoms with Crippen molar-refractivity contribution in [3.63, 3.8) is 0 Å². The van der Waals surface area contributed by atoms with E-state index in [4.69, 9.17) is 11.6 Å². The number of carbonyl (C=O) groups is 1. The number of halogens is 2. The zero-order valence-electron chi connectivity index (χ0n) is 13.9. The smallest absolute Gasteiger partial charge is 0.248 e. The van der Waals surface area contributed by atoms with Crippen LogP contribution in [0.25, 0.3) is 0 Å². The van der Waals surface area contributed by atoms with Crippen LogP contribution in [0.3, 0.4) is 0 Å². The van der Waals surface area contributed by atoms with Crippen LogP contribution in [0.1, 0.15) is 36.4 Å². The molecule has 1 saturated heterocycles. The van der Waals surface area contributed by atoms with Crippen LogP contribution in [0.5, 0.6) is 0 Å². The molecule has 5 nitrogen and oxygen atoms in total. The Morgan fingerprint density at radius 2 is 2.16 bits per heavy atom. The van der Waals surface area contributed by atoms with Gasteiger partial charge >= 0.3 is 0 Å². The minimum atomic E-state index is -0.593. The zero-order valence-corrected chi connectivity index (χ0v) is 15.4. The molecule has 1 aliphatic carbocycles. The van der Waals surface area contributed by atoms with Crippen molar-refractivity contribution in [2.24, 2.45) is 0 Å². The highest BCUT2D eigenvalue weighted by molar-refractivity contribution is 6.30. The van der Waals surface area contributed by atoms with Gasteiger partial charge in [-0.05, 0) is 68.1 Å². The van der Waals surface area contributed by atoms with Gasteiger partial charge in [0.1, 0.15) is 5.54 Å². The van der Waals surface area contributed by atoms with E-state index in [9.17, 15) is 4.79 Å². The number of hydrogen-bond donors (Lipinski definition) is 2. The standard InChI is InChI=1S/C18H21ClN4O.ClH/c19-14-3-4-15-13(12-14)2-5-16(15)22-17(24)18(6-9-20-10-7-18)23-11-1-8-21-23;/h1,3-4,8,11-12,16,20H,2,5-7,9-10H2,(H,22,24);1H. The highest BCUT2D eigenvalue weighted by Crippen LogP contribution is 2.35. The summed E-state index contributed by atoms with van der Waals surface area (Å²) >= 11 is 6.08. The van der Waals surface area contributed by atoms with Crippen molar-refractivity contribution in [3.8, 4) is 0 Å². The van der Waals surface area contributed by atoms with Gasteiger partial charge in [-0.3, -0.25) is 9.48 Å². The fraction of sp³-hybridized carbons (Fsp3) is 0.444. The summed E-state index contributed by atoms with van der Waals surface area (Å²) in [4.78, 5) is 13.2. The molecule has 4 rings (SSSR count). The van der Waals surface area contributed by atoms with Gasteiger partial charge in [-0.2, -0.15) is 5.10 Å². The van der Waals surface area contributed by atoms with Crippen molar-refractivity contribution in [3.05, 3.63) is 52.8 Å². The normalized spacial score (nSPS) is 21.2. The van der Waals surface area contributed by atoms with Crippen LogP contribution in [0.2, 0.25) is 5.02 Å². The van der Waals surface area contributed by atoms with E-state index in [-0.39, 0.29) is 24.4 Å². The van der Waals surface area contributed by atoms with Crippen molar-refractivity contribution in [1.29, 1.82) is 0 Å². The molecule has 1 atom stereocenters. The minimum Gasteiger partial charge on any atom is -0.347 e. The van der Waals surface area contributed by atoms with E-state index >= 15 is 0 Å². The molecule has 0 radical (unpaired) electrons. The van der Waals surface area contributed by atoms with Gasteiger partial charge in [0.05, 0.1) is 6.04 Å². The topological polar surface area (TPSA) is 59.0 Å². The SMILES string of the molecule is Cl.O=C(NC1CCc2cc(Cl)ccc21)C1(n2cccn2)CCNCC1. The number of fused-ring (bicyclic) bond motifs is 1. The van der Waals surface area contributed by atoms with Gasteiger partial charge in [-0.25, -0.2) is 0 Å². The second-order valence-electron chi connectivity index (χ2n) is 6.64. The van der Waals surface area contributed by atoms with Crippen LogP contribution < -0.4 is 10.6 Å². The third kappa shape index (κ3) is 3.28. The van der Waals surface area contributed by atoms with E-state index in [2.05, 4.69) is 15.7 Å². The molecule has 134 valence electrons. The molecule has 1 aromatic heterocycles. The van der Waals surface area contributed by atoms with Crippen LogP contribution in [0.4, 0.5) is 0 Å². The van der Waals surface area contributed by atoms with Gasteiger partial charge in [0.2, 0.25) is 5.91 Å². The predicted molar refractivity (Wildman–Crippen MR) is 100 cm³/mol. The maximum Gasteiger partial charge on any atom is 0.248 e. The first-order valence-corrected chi connectivity index (χ1v) is 8.87.